The second-order valence-corrected chi connectivity index (χ2v) is 6.12. The second-order valence-electron chi connectivity index (χ2n) is 6.12. The highest BCUT2D eigenvalue weighted by atomic mass is 16.5. The Morgan fingerprint density at radius 1 is 1.30 bits per heavy atom. The van der Waals surface area contributed by atoms with Gasteiger partial charge in [-0.05, 0) is 12.5 Å². The molecule has 0 radical (unpaired) electrons. The van der Waals surface area contributed by atoms with E-state index in [-0.39, 0.29) is 11.0 Å². The Morgan fingerprint density at radius 2 is 2.00 bits per heavy atom. The average Bonchev–Trinajstić information content (AvgIpc) is 2.37. The number of aromatic nitrogens is 1. The van der Waals surface area contributed by atoms with Crippen molar-refractivity contribution in [2.45, 2.75) is 52.6 Å². The van der Waals surface area contributed by atoms with Crippen LogP contribution in [0.15, 0.2) is 16.9 Å². The van der Waals surface area contributed by atoms with Gasteiger partial charge in [0.2, 0.25) is 0 Å². The molecule has 1 N–H and O–H groups in total. The molecule has 114 valence electrons. The minimum Gasteiger partial charge on any atom is -0.383 e. The maximum absolute atomic E-state index is 12.6. The van der Waals surface area contributed by atoms with Crippen molar-refractivity contribution < 1.29 is 4.74 Å². The zero-order valence-electron chi connectivity index (χ0n) is 13.5. The molecule has 0 aromatic carbocycles. The molecule has 1 heterocycles. The van der Waals surface area contributed by atoms with Crippen molar-refractivity contribution in [1.29, 1.82) is 0 Å². The molecular formula is C16H28N2O2. The average molecular weight is 280 g/mol. The fourth-order valence-corrected chi connectivity index (χ4v) is 2.26. The largest absolute Gasteiger partial charge is 0.383 e. The maximum Gasteiger partial charge on any atom is 0.255 e. The smallest absolute Gasteiger partial charge is 0.255 e. The molecule has 1 aromatic heterocycles. The molecule has 0 saturated carbocycles. The van der Waals surface area contributed by atoms with Gasteiger partial charge in [0.25, 0.3) is 5.56 Å². The maximum atomic E-state index is 12.6. The van der Waals surface area contributed by atoms with Gasteiger partial charge in [-0.25, -0.2) is 0 Å². The molecule has 0 atom stereocenters. The summed E-state index contributed by atoms with van der Waals surface area (Å²) in [6.45, 7) is 11.3. The summed E-state index contributed by atoms with van der Waals surface area (Å²) in [7, 11) is 1.67. The van der Waals surface area contributed by atoms with Gasteiger partial charge in [0.05, 0.1) is 6.61 Å². The van der Waals surface area contributed by atoms with Gasteiger partial charge < -0.3 is 14.6 Å². The quantitative estimate of drug-likeness (QED) is 0.779. The van der Waals surface area contributed by atoms with E-state index >= 15 is 0 Å². The van der Waals surface area contributed by atoms with Crippen molar-refractivity contribution in [1.82, 2.24) is 9.88 Å². The Morgan fingerprint density at radius 3 is 2.55 bits per heavy atom. The van der Waals surface area contributed by atoms with Crippen LogP contribution in [0.4, 0.5) is 0 Å². The molecule has 0 saturated heterocycles. The minimum absolute atomic E-state index is 0.0175. The summed E-state index contributed by atoms with van der Waals surface area (Å²) >= 11 is 0. The van der Waals surface area contributed by atoms with E-state index in [0.717, 1.165) is 30.8 Å². The molecule has 1 aromatic rings. The van der Waals surface area contributed by atoms with E-state index in [1.54, 1.807) is 7.11 Å². The molecule has 0 amide bonds. The van der Waals surface area contributed by atoms with Crippen LogP contribution >= 0.6 is 0 Å². The highest BCUT2D eigenvalue weighted by Crippen LogP contribution is 2.21. The van der Waals surface area contributed by atoms with E-state index in [0.29, 0.717) is 13.2 Å². The van der Waals surface area contributed by atoms with Crippen LogP contribution in [0.1, 0.15) is 45.4 Å². The fourth-order valence-electron chi connectivity index (χ4n) is 2.26. The number of nitrogens with zero attached hydrogens (tertiary/aromatic N) is 1. The molecular weight excluding hydrogens is 252 g/mol. The van der Waals surface area contributed by atoms with Gasteiger partial charge in [-0.1, -0.05) is 33.8 Å². The Kier molecular flexibility index (Phi) is 6.43. The first-order valence-corrected chi connectivity index (χ1v) is 7.34. The standard InChI is InChI=1S/C16H28N2O2/c1-6-10-18-14(16(2,3)4)8-7-13(15(18)19)12-17-9-11-20-5/h7-8,17H,6,9-12H2,1-5H3. The lowest BCUT2D eigenvalue weighted by Crippen LogP contribution is -2.33. The minimum atomic E-state index is -0.0175. The first kappa shape index (κ1) is 16.9. The third kappa shape index (κ3) is 4.46. The van der Waals surface area contributed by atoms with Crippen LogP contribution in [0.2, 0.25) is 0 Å². The molecule has 0 spiro atoms. The molecule has 0 fully saturated rings. The van der Waals surface area contributed by atoms with Gasteiger partial charge in [-0.2, -0.15) is 0 Å². The normalized spacial score (nSPS) is 11.8. The van der Waals surface area contributed by atoms with Crippen LogP contribution in [-0.2, 0) is 23.2 Å². The Bertz CT molecular complexity index is 472. The van der Waals surface area contributed by atoms with Gasteiger partial charge in [0.15, 0.2) is 0 Å². The van der Waals surface area contributed by atoms with Crippen molar-refractivity contribution in [2.24, 2.45) is 0 Å². The number of hydrogen-bond acceptors (Lipinski definition) is 3. The highest BCUT2D eigenvalue weighted by molar-refractivity contribution is 5.21. The van der Waals surface area contributed by atoms with Crippen molar-refractivity contribution in [2.75, 3.05) is 20.3 Å². The first-order valence-electron chi connectivity index (χ1n) is 7.34. The second kappa shape index (κ2) is 7.60. The predicted octanol–water partition coefficient (Wildman–Crippen LogP) is 2.29. The van der Waals surface area contributed by atoms with Crippen molar-refractivity contribution >= 4 is 0 Å². The summed E-state index contributed by atoms with van der Waals surface area (Å²) in [6, 6.07) is 4.04. The van der Waals surface area contributed by atoms with Gasteiger partial charge >= 0.3 is 0 Å². The first-order chi connectivity index (χ1) is 9.41. The van der Waals surface area contributed by atoms with E-state index in [9.17, 15) is 4.79 Å². The third-order valence-corrected chi connectivity index (χ3v) is 3.27. The van der Waals surface area contributed by atoms with Crippen molar-refractivity contribution in [3.63, 3.8) is 0 Å². The van der Waals surface area contributed by atoms with E-state index in [4.69, 9.17) is 4.74 Å². The summed E-state index contributed by atoms with van der Waals surface area (Å²) in [5.74, 6) is 0. The van der Waals surface area contributed by atoms with E-state index in [1.807, 2.05) is 10.6 Å². The Labute approximate surface area is 122 Å². The van der Waals surface area contributed by atoms with Crippen LogP contribution < -0.4 is 10.9 Å². The number of ether oxygens (including phenoxy) is 1. The number of hydrogen-bond donors (Lipinski definition) is 1. The van der Waals surface area contributed by atoms with Crippen LogP contribution in [0.5, 0.6) is 0 Å². The van der Waals surface area contributed by atoms with Crippen molar-refractivity contribution in [3.05, 3.63) is 33.7 Å². The number of methoxy groups -OCH3 is 1. The molecule has 0 aliphatic carbocycles. The summed E-state index contributed by atoms with van der Waals surface area (Å²) in [6.07, 6.45) is 0.962. The number of rotatable bonds is 7. The number of nitrogens with one attached hydrogen (secondary N) is 1. The van der Waals surface area contributed by atoms with Gasteiger partial charge in [-0.15, -0.1) is 0 Å². The van der Waals surface area contributed by atoms with Crippen LogP contribution in [0, 0.1) is 0 Å². The number of pyridine rings is 1. The topological polar surface area (TPSA) is 43.3 Å². The van der Waals surface area contributed by atoms with Gasteiger partial charge in [0.1, 0.15) is 0 Å². The van der Waals surface area contributed by atoms with Crippen LogP contribution in [0.25, 0.3) is 0 Å². The predicted molar refractivity (Wildman–Crippen MR) is 83.3 cm³/mol. The molecule has 4 nitrogen and oxygen atoms in total. The Balaban J connectivity index is 3.00. The summed E-state index contributed by atoms with van der Waals surface area (Å²) in [4.78, 5) is 12.6. The SMILES string of the molecule is CCCn1c(C(C)(C)C)ccc(CNCCOC)c1=O. The lowest BCUT2D eigenvalue weighted by molar-refractivity contribution is 0.199. The summed E-state index contributed by atoms with van der Waals surface area (Å²) in [5.41, 5.74) is 2.04. The van der Waals surface area contributed by atoms with Gasteiger partial charge in [-0.3, -0.25) is 4.79 Å². The molecule has 0 unspecified atom stereocenters. The van der Waals surface area contributed by atoms with Gasteiger partial charge in [0, 0.05) is 43.4 Å². The van der Waals surface area contributed by atoms with Crippen molar-refractivity contribution in [3.8, 4) is 0 Å². The summed E-state index contributed by atoms with van der Waals surface area (Å²) in [5, 5.41) is 3.23. The third-order valence-electron chi connectivity index (χ3n) is 3.27. The Hall–Kier alpha value is -1.13. The molecule has 1 rings (SSSR count). The molecule has 0 aliphatic rings. The molecule has 4 heteroatoms. The van der Waals surface area contributed by atoms with Crippen LogP contribution in [-0.4, -0.2) is 24.8 Å². The van der Waals surface area contributed by atoms with Crippen LogP contribution in [0.3, 0.4) is 0 Å². The molecule has 0 bridgehead atoms. The lowest BCUT2D eigenvalue weighted by Gasteiger charge is -2.24. The molecule has 20 heavy (non-hydrogen) atoms. The van der Waals surface area contributed by atoms with E-state index in [1.165, 1.54) is 0 Å². The monoisotopic (exact) mass is 280 g/mol. The fraction of sp³-hybridized carbons (Fsp3) is 0.688. The lowest BCUT2D eigenvalue weighted by atomic mass is 9.90. The van der Waals surface area contributed by atoms with E-state index < -0.39 is 0 Å². The zero-order valence-corrected chi connectivity index (χ0v) is 13.5. The molecule has 0 aliphatic heterocycles. The summed E-state index contributed by atoms with van der Waals surface area (Å²) < 4.78 is 6.91. The van der Waals surface area contributed by atoms with E-state index in [2.05, 4.69) is 39.1 Å². The zero-order chi connectivity index (χ0) is 15.2. The highest BCUT2D eigenvalue weighted by Gasteiger charge is 2.19.